The zero-order valence-corrected chi connectivity index (χ0v) is 12.8. The number of anilines is 1. The Hall–Kier alpha value is -1.85. The summed E-state index contributed by atoms with van der Waals surface area (Å²) in [6, 6.07) is 0.169. The van der Waals surface area contributed by atoms with E-state index in [4.69, 9.17) is 9.47 Å². The fourth-order valence-corrected chi connectivity index (χ4v) is 3.10. The number of aromatic nitrogens is 4. The lowest BCUT2D eigenvalue weighted by Crippen LogP contribution is -2.33. The Balaban J connectivity index is 1.65. The third-order valence-electron chi connectivity index (χ3n) is 4.42. The predicted molar refractivity (Wildman–Crippen MR) is 81.2 cm³/mol. The summed E-state index contributed by atoms with van der Waals surface area (Å²) < 4.78 is 12.4. The van der Waals surface area contributed by atoms with E-state index in [0.29, 0.717) is 30.2 Å². The van der Waals surface area contributed by atoms with Crippen molar-refractivity contribution in [2.45, 2.75) is 37.0 Å². The van der Waals surface area contributed by atoms with Crippen LogP contribution in [0, 0.1) is 0 Å². The molecule has 2 aliphatic heterocycles. The molecular formula is C14H19N5O5. The summed E-state index contributed by atoms with van der Waals surface area (Å²) in [7, 11) is 0. The molecule has 10 nitrogen and oxygen atoms in total. The van der Waals surface area contributed by atoms with Crippen LogP contribution in [0.2, 0.25) is 0 Å². The Kier molecular flexibility index (Phi) is 4.06. The molecule has 4 N–H and O–H groups in total. The molecule has 130 valence electrons. The smallest absolute Gasteiger partial charge is 0.167 e. The van der Waals surface area contributed by atoms with E-state index in [2.05, 4.69) is 20.3 Å². The first-order valence-corrected chi connectivity index (χ1v) is 7.83. The van der Waals surface area contributed by atoms with Gasteiger partial charge in [0.25, 0.3) is 0 Å². The van der Waals surface area contributed by atoms with Gasteiger partial charge in [0, 0.05) is 6.61 Å². The molecule has 0 aliphatic carbocycles. The second kappa shape index (κ2) is 6.22. The molecule has 4 rings (SSSR count). The maximum atomic E-state index is 10.2. The van der Waals surface area contributed by atoms with Crippen molar-refractivity contribution in [2.24, 2.45) is 0 Å². The van der Waals surface area contributed by atoms with Gasteiger partial charge in [-0.3, -0.25) is 4.57 Å². The molecular weight excluding hydrogens is 318 g/mol. The van der Waals surface area contributed by atoms with Gasteiger partial charge in [-0.15, -0.1) is 0 Å². The topological polar surface area (TPSA) is 135 Å². The predicted octanol–water partition coefficient (Wildman–Crippen LogP) is -1.36. The summed E-state index contributed by atoms with van der Waals surface area (Å²) in [5.74, 6) is 0.584. The van der Waals surface area contributed by atoms with Crippen molar-refractivity contribution in [3.8, 4) is 0 Å². The van der Waals surface area contributed by atoms with Crippen molar-refractivity contribution in [1.29, 1.82) is 0 Å². The second-order valence-corrected chi connectivity index (χ2v) is 5.98. The van der Waals surface area contributed by atoms with Gasteiger partial charge in [-0.2, -0.15) is 0 Å². The van der Waals surface area contributed by atoms with Crippen LogP contribution in [0.4, 0.5) is 5.82 Å². The molecule has 0 aromatic carbocycles. The molecule has 5 atom stereocenters. The monoisotopic (exact) mass is 337 g/mol. The SMILES string of the molecule is OC[C@@H]1O[C@H](n2cnc3c(N[C@H]4CCOC4)ncnc32)[C@@H](O)[C@H]1O. The number of rotatable bonds is 4. The molecule has 0 amide bonds. The fourth-order valence-electron chi connectivity index (χ4n) is 3.10. The highest BCUT2D eigenvalue weighted by Gasteiger charge is 2.44. The Labute approximate surface area is 137 Å². The van der Waals surface area contributed by atoms with Gasteiger partial charge in [-0.1, -0.05) is 0 Å². The molecule has 2 aromatic rings. The second-order valence-electron chi connectivity index (χ2n) is 5.98. The number of hydrogen-bond acceptors (Lipinski definition) is 9. The van der Waals surface area contributed by atoms with Crippen LogP contribution in [0.25, 0.3) is 11.2 Å². The Bertz CT molecular complexity index is 719. The molecule has 0 spiro atoms. The van der Waals surface area contributed by atoms with Gasteiger partial charge in [-0.25, -0.2) is 15.0 Å². The third-order valence-corrected chi connectivity index (χ3v) is 4.42. The number of nitrogens with zero attached hydrogens (tertiary/aromatic N) is 4. The number of hydrogen-bond donors (Lipinski definition) is 4. The molecule has 0 bridgehead atoms. The van der Waals surface area contributed by atoms with E-state index in [1.54, 1.807) is 0 Å². The number of fused-ring (bicyclic) bond motifs is 1. The van der Waals surface area contributed by atoms with Gasteiger partial charge in [-0.05, 0) is 6.42 Å². The molecule has 2 aliphatic rings. The molecule has 0 saturated carbocycles. The van der Waals surface area contributed by atoms with E-state index in [0.717, 1.165) is 6.42 Å². The van der Waals surface area contributed by atoms with Crippen LogP contribution in [-0.2, 0) is 9.47 Å². The quantitative estimate of drug-likeness (QED) is 0.533. The first-order chi connectivity index (χ1) is 11.7. The van der Waals surface area contributed by atoms with E-state index < -0.39 is 24.5 Å². The molecule has 4 heterocycles. The van der Waals surface area contributed by atoms with Crippen LogP contribution in [-0.4, -0.2) is 79.0 Å². The van der Waals surface area contributed by atoms with E-state index in [9.17, 15) is 15.3 Å². The molecule has 2 aromatic heterocycles. The van der Waals surface area contributed by atoms with Crippen LogP contribution in [0.15, 0.2) is 12.7 Å². The van der Waals surface area contributed by atoms with Crippen molar-refractivity contribution in [2.75, 3.05) is 25.1 Å². The minimum Gasteiger partial charge on any atom is -0.394 e. The summed E-state index contributed by atoms with van der Waals surface area (Å²) in [5.41, 5.74) is 1.02. The van der Waals surface area contributed by atoms with Gasteiger partial charge >= 0.3 is 0 Å². The highest BCUT2D eigenvalue weighted by Crippen LogP contribution is 2.32. The van der Waals surface area contributed by atoms with Gasteiger partial charge in [0.05, 0.1) is 25.6 Å². The normalized spacial score (nSPS) is 33.4. The van der Waals surface area contributed by atoms with Crippen molar-refractivity contribution in [3.63, 3.8) is 0 Å². The molecule has 0 radical (unpaired) electrons. The maximum absolute atomic E-state index is 10.2. The summed E-state index contributed by atoms with van der Waals surface area (Å²) in [6.45, 7) is 0.939. The minimum absolute atomic E-state index is 0.169. The molecule has 0 unspecified atom stereocenters. The van der Waals surface area contributed by atoms with E-state index >= 15 is 0 Å². The lowest BCUT2D eigenvalue weighted by Gasteiger charge is -2.16. The summed E-state index contributed by atoms with van der Waals surface area (Å²) in [6.07, 6.45) is -0.310. The largest absolute Gasteiger partial charge is 0.394 e. The highest BCUT2D eigenvalue weighted by atomic mass is 16.6. The van der Waals surface area contributed by atoms with Gasteiger partial charge < -0.3 is 30.1 Å². The number of aliphatic hydroxyl groups is 3. The third kappa shape index (κ3) is 2.52. The van der Waals surface area contributed by atoms with E-state index in [1.807, 2.05) is 0 Å². The first kappa shape index (κ1) is 15.7. The fraction of sp³-hybridized carbons (Fsp3) is 0.643. The number of aliphatic hydroxyl groups excluding tert-OH is 3. The molecule has 24 heavy (non-hydrogen) atoms. The van der Waals surface area contributed by atoms with Crippen molar-refractivity contribution in [1.82, 2.24) is 19.5 Å². The zero-order chi connectivity index (χ0) is 16.7. The lowest BCUT2D eigenvalue weighted by molar-refractivity contribution is -0.0511. The Morgan fingerprint density at radius 1 is 1.25 bits per heavy atom. The standard InChI is InChI=1S/C14H19N5O5/c20-3-8-10(21)11(22)14(24-8)19-6-17-9-12(15-5-16-13(9)19)18-7-1-2-23-4-7/h5-8,10-11,14,20-22H,1-4H2,(H,15,16,18)/t7-,8-,10-,11-,14-/m0/s1. The van der Waals surface area contributed by atoms with Crippen LogP contribution in [0.5, 0.6) is 0 Å². The van der Waals surface area contributed by atoms with Crippen LogP contribution in [0.3, 0.4) is 0 Å². The van der Waals surface area contributed by atoms with Crippen molar-refractivity contribution < 1.29 is 24.8 Å². The first-order valence-electron chi connectivity index (χ1n) is 7.83. The minimum atomic E-state index is -1.19. The van der Waals surface area contributed by atoms with Crippen LogP contribution >= 0.6 is 0 Å². The van der Waals surface area contributed by atoms with E-state index in [1.165, 1.54) is 17.2 Å². The zero-order valence-electron chi connectivity index (χ0n) is 12.8. The number of ether oxygens (including phenoxy) is 2. The van der Waals surface area contributed by atoms with Crippen molar-refractivity contribution >= 4 is 17.0 Å². The maximum Gasteiger partial charge on any atom is 0.167 e. The average molecular weight is 337 g/mol. The van der Waals surface area contributed by atoms with E-state index in [-0.39, 0.29) is 12.6 Å². The van der Waals surface area contributed by atoms with Gasteiger partial charge in [0.1, 0.15) is 24.6 Å². The molecule has 2 saturated heterocycles. The summed E-state index contributed by atoms with van der Waals surface area (Å²) in [4.78, 5) is 12.8. The summed E-state index contributed by atoms with van der Waals surface area (Å²) in [5, 5.41) is 32.6. The van der Waals surface area contributed by atoms with Gasteiger partial charge in [0.15, 0.2) is 23.2 Å². The van der Waals surface area contributed by atoms with Gasteiger partial charge in [0.2, 0.25) is 0 Å². The average Bonchev–Trinajstić information content (AvgIpc) is 3.30. The van der Waals surface area contributed by atoms with Crippen LogP contribution in [0.1, 0.15) is 12.6 Å². The Morgan fingerprint density at radius 2 is 2.12 bits per heavy atom. The van der Waals surface area contributed by atoms with Crippen molar-refractivity contribution in [3.05, 3.63) is 12.7 Å². The van der Waals surface area contributed by atoms with Crippen LogP contribution < -0.4 is 5.32 Å². The lowest BCUT2D eigenvalue weighted by atomic mass is 10.1. The number of imidazole rings is 1. The molecule has 10 heteroatoms. The number of nitrogens with one attached hydrogen (secondary N) is 1. The highest BCUT2D eigenvalue weighted by molar-refractivity contribution is 5.82. The summed E-state index contributed by atoms with van der Waals surface area (Å²) >= 11 is 0. The molecule has 2 fully saturated rings. The Morgan fingerprint density at radius 3 is 2.83 bits per heavy atom.